The van der Waals surface area contributed by atoms with Gasteiger partial charge in [0.1, 0.15) is 17.1 Å². The Morgan fingerprint density at radius 2 is 1.97 bits per heavy atom. The van der Waals surface area contributed by atoms with Crippen LogP contribution in [0.4, 0.5) is 31.9 Å². The number of alkyl halides is 2. The zero-order valence-electron chi connectivity index (χ0n) is 18.4. The summed E-state index contributed by atoms with van der Waals surface area (Å²) in [6.07, 6.45) is 5.86. The number of nitrogens with zero attached hydrogens (tertiary/aromatic N) is 5. The molecular weight excluding hydrogens is 438 g/mol. The highest BCUT2D eigenvalue weighted by Gasteiger charge is 2.48. The first-order valence-corrected chi connectivity index (χ1v) is 10.5. The molecule has 1 saturated carbocycles. The Kier molecular flexibility index (Phi) is 5.76. The number of carbonyl (C=O) groups is 2. The number of aromatic nitrogens is 3. The maximum Gasteiger partial charge on any atom is 0.356 e. The molecule has 12 heteroatoms. The molecule has 0 radical (unpaired) electrons. The number of hydrogen-bond acceptors (Lipinski definition) is 8. The molecule has 176 valence electrons. The summed E-state index contributed by atoms with van der Waals surface area (Å²) in [7, 11) is 2.65. The van der Waals surface area contributed by atoms with Crippen LogP contribution in [-0.4, -0.2) is 64.6 Å². The smallest absolute Gasteiger partial charge is 0.356 e. The predicted octanol–water partition coefficient (Wildman–Crippen LogP) is 2.99. The van der Waals surface area contributed by atoms with Crippen LogP contribution in [0.5, 0.6) is 5.75 Å². The van der Waals surface area contributed by atoms with Crippen molar-refractivity contribution in [2.75, 3.05) is 35.8 Å². The third kappa shape index (κ3) is 4.00. The fourth-order valence-corrected chi connectivity index (χ4v) is 4.35. The summed E-state index contributed by atoms with van der Waals surface area (Å²) >= 11 is 0. The van der Waals surface area contributed by atoms with Crippen LogP contribution >= 0.6 is 0 Å². The lowest BCUT2D eigenvalue weighted by Crippen LogP contribution is -2.48. The van der Waals surface area contributed by atoms with E-state index in [9.17, 15) is 23.5 Å². The van der Waals surface area contributed by atoms with Crippen molar-refractivity contribution in [1.29, 1.82) is 0 Å². The molecule has 2 aromatic rings. The van der Waals surface area contributed by atoms with E-state index in [1.54, 1.807) is 6.92 Å². The fraction of sp³-hybridized carbons (Fsp3) is 0.476. The fourth-order valence-electron chi connectivity index (χ4n) is 4.35. The van der Waals surface area contributed by atoms with Crippen LogP contribution in [0.15, 0.2) is 12.4 Å². The second-order valence-corrected chi connectivity index (χ2v) is 8.17. The Morgan fingerprint density at radius 3 is 2.61 bits per heavy atom. The Balaban J connectivity index is 1.82. The Bertz CT molecular complexity index is 1110. The molecule has 0 unspecified atom stereocenters. The first-order valence-electron chi connectivity index (χ1n) is 10.5. The summed E-state index contributed by atoms with van der Waals surface area (Å²) in [5.41, 5.74) is 0.475. The molecular formula is C21H24F2N6O4. The highest BCUT2D eigenvalue weighted by molar-refractivity contribution is 6.02. The van der Waals surface area contributed by atoms with E-state index in [0.29, 0.717) is 18.4 Å². The average Bonchev–Trinajstić information content (AvgIpc) is 3.29. The lowest BCUT2D eigenvalue weighted by molar-refractivity contribution is -0.140. The van der Waals surface area contributed by atoms with Crippen LogP contribution < -0.4 is 19.9 Å². The van der Waals surface area contributed by atoms with Crippen molar-refractivity contribution in [1.82, 2.24) is 15.0 Å². The molecule has 2 aliphatic rings. The Hall–Kier alpha value is -3.57. The third-order valence-corrected chi connectivity index (χ3v) is 5.99. The predicted molar refractivity (Wildman–Crippen MR) is 116 cm³/mol. The quantitative estimate of drug-likeness (QED) is 0.691. The molecule has 1 aliphatic heterocycles. The van der Waals surface area contributed by atoms with Gasteiger partial charge in [-0.25, -0.2) is 14.8 Å². The molecule has 1 aliphatic carbocycles. The molecule has 3 heterocycles. The van der Waals surface area contributed by atoms with Crippen LogP contribution in [0.1, 0.15) is 41.7 Å². The monoisotopic (exact) mass is 462 g/mol. The molecule has 4 rings (SSSR count). The normalized spacial score (nSPS) is 18.2. The number of hydrogen-bond donors (Lipinski definition) is 2. The number of carbonyl (C=O) groups excluding carboxylic acids is 1. The van der Waals surface area contributed by atoms with Gasteiger partial charge in [-0.1, -0.05) is 12.8 Å². The molecule has 1 fully saturated rings. The average molecular weight is 462 g/mol. The maximum absolute atomic E-state index is 14.7. The summed E-state index contributed by atoms with van der Waals surface area (Å²) in [5, 5.41) is 12.4. The number of rotatable bonds is 5. The summed E-state index contributed by atoms with van der Waals surface area (Å²) in [6, 6.07) is -0.193. The van der Waals surface area contributed by atoms with Crippen molar-refractivity contribution in [3.05, 3.63) is 23.7 Å². The van der Waals surface area contributed by atoms with E-state index in [4.69, 9.17) is 4.74 Å². The van der Waals surface area contributed by atoms with Gasteiger partial charge in [-0.3, -0.25) is 4.79 Å². The Labute approximate surface area is 188 Å². The van der Waals surface area contributed by atoms with E-state index in [-0.39, 0.29) is 40.6 Å². The lowest BCUT2D eigenvalue weighted by atomic mass is 10.2. The van der Waals surface area contributed by atoms with Crippen LogP contribution in [0.3, 0.4) is 0 Å². The van der Waals surface area contributed by atoms with Crippen molar-refractivity contribution in [2.45, 2.75) is 44.6 Å². The summed E-state index contributed by atoms with van der Waals surface area (Å²) in [4.78, 5) is 39.0. The number of amides is 1. The summed E-state index contributed by atoms with van der Waals surface area (Å²) < 4.78 is 34.8. The number of carboxylic acids is 1. The molecule has 0 saturated heterocycles. The van der Waals surface area contributed by atoms with E-state index in [0.717, 1.165) is 17.7 Å². The molecule has 10 nitrogen and oxygen atoms in total. The van der Waals surface area contributed by atoms with Crippen molar-refractivity contribution in [3.8, 4) is 5.75 Å². The minimum Gasteiger partial charge on any atom is -0.494 e. The van der Waals surface area contributed by atoms with Gasteiger partial charge in [0.25, 0.3) is 5.91 Å². The van der Waals surface area contributed by atoms with E-state index < -0.39 is 24.3 Å². The molecule has 2 aromatic heterocycles. The molecule has 0 atom stereocenters. The van der Waals surface area contributed by atoms with Crippen LogP contribution in [0, 0.1) is 6.92 Å². The largest absolute Gasteiger partial charge is 0.494 e. The SMILES string of the molecule is COc1c(C)cnc(C(=O)O)c1Nc1ncc2c(n1)N(C1CCCC1)CC(F)(F)C(=O)N2C. The summed E-state index contributed by atoms with van der Waals surface area (Å²) in [5.74, 6) is -5.81. The van der Waals surface area contributed by atoms with Gasteiger partial charge in [-0.15, -0.1) is 0 Å². The van der Waals surface area contributed by atoms with Crippen molar-refractivity contribution >= 4 is 35.0 Å². The van der Waals surface area contributed by atoms with Gasteiger partial charge in [0.15, 0.2) is 11.5 Å². The van der Waals surface area contributed by atoms with Gasteiger partial charge >= 0.3 is 11.9 Å². The number of anilines is 4. The number of ether oxygens (including phenoxy) is 1. The van der Waals surface area contributed by atoms with Gasteiger partial charge in [0, 0.05) is 24.8 Å². The topological polar surface area (TPSA) is 121 Å². The van der Waals surface area contributed by atoms with Crippen LogP contribution in [0.2, 0.25) is 0 Å². The van der Waals surface area contributed by atoms with Crippen molar-refractivity contribution in [2.24, 2.45) is 0 Å². The third-order valence-electron chi connectivity index (χ3n) is 5.99. The molecule has 0 aromatic carbocycles. The number of carboxylic acid groups (broad SMARTS) is 1. The van der Waals surface area contributed by atoms with Gasteiger partial charge in [-0.2, -0.15) is 13.8 Å². The number of aromatic carboxylic acids is 1. The number of halogens is 2. The van der Waals surface area contributed by atoms with E-state index in [1.165, 1.54) is 31.5 Å². The molecule has 1 amide bonds. The van der Waals surface area contributed by atoms with E-state index in [1.807, 2.05) is 0 Å². The van der Waals surface area contributed by atoms with Crippen molar-refractivity contribution < 1.29 is 28.2 Å². The second-order valence-electron chi connectivity index (χ2n) is 8.17. The number of methoxy groups -OCH3 is 1. The van der Waals surface area contributed by atoms with E-state index >= 15 is 0 Å². The zero-order valence-corrected chi connectivity index (χ0v) is 18.4. The van der Waals surface area contributed by atoms with Crippen LogP contribution in [0.25, 0.3) is 0 Å². The van der Waals surface area contributed by atoms with Gasteiger partial charge in [-0.05, 0) is 19.8 Å². The molecule has 0 bridgehead atoms. The molecule has 0 spiro atoms. The lowest BCUT2D eigenvalue weighted by Gasteiger charge is -2.31. The minimum absolute atomic E-state index is 0.0315. The van der Waals surface area contributed by atoms with Gasteiger partial charge in [0.05, 0.1) is 19.9 Å². The maximum atomic E-state index is 14.7. The number of nitrogens with one attached hydrogen (secondary N) is 1. The standard InChI is InChI=1S/C21H24F2N6O4/c1-11-8-24-15(18(30)31)14(16(11)33-3)26-20-25-9-13-17(27-20)29(12-6-4-5-7-12)10-21(22,23)19(32)28(13)2/h8-9,12H,4-7,10H2,1-3H3,(H,30,31)(H,25,26,27). The highest BCUT2D eigenvalue weighted by Crippen LogP contribution is 2.40. The van der Waals surface area contributed by atoms with Gasteiger partial charge in [0.2, 0.25) is 5.95 Å². The first-order chi connectivity index (χ1) is 15.6. The van der Waals surface area contributed by atoms with Crippen molar-refractivity contribution in [3.63, 3.8) is 0 Å². The molecule has 2 N–H and O–H groups in total. The Morgan fingerprint density at radius 1 is 1.27 bits per heavy atom. The van der Waals surface area contributed by atoms with Crippen LogP contribution in [-0.2, 0) is 4.79 Å². The first kappa shape index (κ1) is 22.6. The number of fused-ring (bicyclic) bond motifs is 1. The number of pyridine rings is 1. The van der Waals surface area contributed by atoms with Gasteiger partial charge < -0.3 is 25.0 Å². The summed E-state index contributed by atoms with van der Waals surface area (Å²) in [6.45, 7) is 0.908. The van der Waals surface area contributed by atoms with E-state index in [2.05, 4.69) is 20.3 Å². The molecule has 33 heavy (non-hydrogen) atoms. The zero-order chi connectivity index (χ0) is 23.9. The minimum atomic E-state index is -3.59. The highest BCUT2D eigenvalue weighted by atomic mass is 19.3. The number of aryl methyl sites for hydroxylation is 1. The second kappa shape index (κ2) is 8.41.